The highest BCUT2D eigenvalue weighted by Gasteiger charge is 2.08. The second kappa shape index (κ2) is 3.91. The lowest BCUT2D eigenvalue weighted by molar-refractivity contribution is 0.498. The Morgan fingerprint density at radius 1 is 1.62 bits per heavy atom. The van der Waals surface area contributed by atoms with Crippen molar-refractivity contribution >= 4 is 11.8 Å². The molecule has 5 heteroatoms. The zero-order valence-corrected chi connectivity index (χ0v) is 8.56. The van der Waals surface area contributed by atoms with E-state index in [0.717, 1.165) is 11.8 Å². The van der Waals surface area contributed by atoms with Gasteiger partial charge in [-0.25, -0.2) is 9.18 Å². The number of halogens is 1. The van der Waals surface area contributed by atoms with Gasteiger partial charge in [-0.15, -0.1) is 11.8 Å². The summed E-state index contributed by atoms with van der Waals surface area (Å²) in [5.41, 5.74) is -0.402. The van der Waals surface area contributed by atoms with Crippen molar-refractivity contribution in [3.8, 4) is 0 Å². The Labute approximate surface area is 80.0 Å². The van der Waals surface area contributed by atoms with E-state index in [1.807, 2.05) is 0 Å². The lowest BCUT2D eigenvalue weighted by atomic mass is 10.4. The molecule has 0 amide bonds. The number of aromatic nitrogens is 2. The fourth-order valence-corrected chi connectivity index (χ4v) is 1.36. The predicted octanol–water partition coefficient (Wildman–Crippen LogP) is 1.69. The van der Waals surface area contributed by atoms with Crippen molar-refractivity contribution in [3.05, 3.63) is 22.5 Å². The van der Waals surface area contributed by atoms with E-state index in [-0.39, 0.29) is 11.1 Å². The van der Waals surface area contributed by atoms with Gasteiger partial charge < -0.3 is 0 Å². The van der Waals surface area contributed by atoms with Crippen LogP contribution in [0.4, 0.5) is 4.39 Å². The van der Waals surface area contributed by atoms with Gasteiger partial charge in [-0.2, -0.15) is 4.98 Å². The average Bonchev–Trinajstić information content (AvgIpc) is 2.07. The topological polar surface area (TPSA) is 34.9 Å². The standard InChI is InChI=1S/C8H11FN2OS/c1-5(2)11-4-6(9)7(13-3)10-8(11)12/h4-5H,1-3H3. The van der Waals surface area contributed by atoms with Crippen LogP contribution in [0.5, 0.6) is 0 Å². The zero-order valence-electron chi connectivity index (χ0n) is 7.74. The number of thioether (sulfide) groups is 1. The largest absolute Gasteiger partial charge is 0.349 e. The second-order valence-electron chi connectivity index (χ2n) is 2.88. The molecule has 1 rings (SSSR count). The first-order chi connectivity index (χ1) is 6.06. The van der Waals surface area contributed by atoms with Gasteiger partial charge in [-0.05, 0) is 20.1 Å². The third kappa shape index (κ3) is 2.09. The second-order valence-corrected chi connectivity index (χ2v) is 3.68. The molecule has 0 spiro atoms. The number of rotatable bonds is 2. The fourth-order valence-electron chi connectivity index (χ4n) is 0.944. The summed E-state index contributed by atoms with van der Waals surface area (Å²) in [5.74, 6) is -0.444. The first-order valence-electron chi connectivity index (χ1n) is 3.89. The lowest BCUT2D eigenvalue weighted by Crippen LogP contribution is -2.25. The Bertz CT molecular complexity index is 362. The molecule has 0 bridgehead atoms. The number of hydrogen-bond donors (Lipinski definition) is 0. The van der Waals surface area contributed by atoms with Crippen LogP contribution in [0.1, 0.15) is 19.9 Å². The average molecular weight is 202 g/mol. The SMILES string of the molecule is CSc1nc(=O)n(C(C)C)cc1F. The molecule has 0 aromatic carbocycles. The maximum Gasteiger partial charge on any atom is 0.349 e. The van der Waals surface area contributed by atoms with E-state index < -0.39 is 11.5 Å². The van der Waals surface area contributed by atoms with Crippen LogP contribution in [0.2, 0.25) is 0 Å². The van der Waals surface area contributed by atoms with Gasteiger partial charge >= 0.3 is 5.69 Å². The summed E-state index contributed by atoms with van der Waals surface area (Å²) in [6.45, 7) is 3.61. The zero-order chi connectivity index (χ0) is 10.0. The predicted molar refractivity (Wildman–Crippen MR) is 50.6 cm³/mol. The maximum atomic E-state index is 13.1. The van der Waals surface area contributed by atoms with Crippen LogP contribution >= 0.6 is 11.8 Å². The maximum absolute atomic E-state index is 13.1. The van der Waals surface area contributed by atoms with E-state index >= 15 is 0 Å². The summed E-state index contributed by atoms with van der Waals surface area (Å²) in [5, 5.41) is 0.155. The minimum atomic E-state index is -0.444. The monoisotopic (exact) mass is 202 g/mol. The van der Waals surface area contributed by atoms with Gasteiger partial charge in [0.05, 0.1) is 0 Å². The summed E-state index contributed by atoms with van der Waals surface area (Å²) >= 11 is 1.13. The normalized spacial score (nSPS) is 10.8. The highest BCUT2D eigenvalue weighted by atomic mass is 32.2. The van der Waals surface area contributed by atoms with Crippen LogP contribution in [-0.2, 0) is 0 Å². The molecule has 72 valence electrons. The molecule has 0 atom stereocenters. The Hall–Kier alpha value is -0.840. The highest BCUT2D eigenvalue weighted by Crippen LogP contribution is 2.14. The van der Waals surface area contributed by atoms with E-state index in [4.69, 9.17) is 0 Å². The summed E-state index contributed by atoms with van der Waals surface area (Å²) in [6, 6.07) is -0.0644. The third-order valence-corrected chi connectivity index (χ3v) is 2.30. The first-order valence-corrected chi connectivity index (χ1v) is 5.11. The van der Waals surface area contributed by atoms with Gasteiger partial charge in [0.25, 0.3) is 0 Å². The van der Waals surface area contributed by atoms with Crippen molar-refractivity contribution < 1.29 is 4.39 Å². The minimum absolute atomic E-state index is 0.0644. The molecule has 1 aromatic rings. The molecule has 0 aliphatic heterocycles. The van der Waals surface area contributed by atoms with E-state index in [9.17, 15) is 9.18 Å². The van der Waals surface area contributed by atoms with Crippen LogP contribution in [0.3, 0.4) is 0 Å². The number of hydrogen-bond acceptors (Lipinski definition) is 3. The molecule has 0 saturated carbocycles. The van der Waals surface area contributed by atoms with Gasteiger partial charge in [0.1, 0.15) is 5.03 Å². The molecule has 1 aromatic heterocycles. The summed E-state index contributed by atoms with van der Waals surface area (Å²) in [6.07, 6.45) is 2.89. The smallest absolute Gasteiger partial charge is 0.294 e. The highest BCUT2D eigenvalue weighted by molar-refractivity contribution is 7.98. The molecule has 0 radical (unpaired) electrons. The molecule has 0 aliphatic carbocycles. The molecule has 1 heterocycles. The molecular weight excluding hydrogens is 191 g/mol. The van der Waals surface area contributed by atoms with Crippen molar-refractivity contribution in [3.63, 3.8) is 0 Å². The van der Waals surface area contributed by atoms with Crippen molar-refractivity contribution in [2.75, 3.05) is 6.26 Å². The Morgan fingerprint density at radius 3 is 2.69 bits per heavy atom. The van der Waals surface area contributed by atoms with Crippen LogP contribution < -0.4 is 5.69 Å². The van der Waals surface area contributed by atoms with Crippen molar-refractivity contribution in [1.29, 1.82) is 0 Å². The Balaban J connectivity index is 3.29. The molecule has 0 unspecified atom stereocenters. The van der Waals surface area contributed by atoms with Gasteiger partial charge in [-0.3, -0.25) is 4.57 Å². The molecule has 3 nitrogen and oxygen atoms in total. The minimum Gasteiger partial charge on any atom is -0.294 e. The molecule has 0 fully saturated rings. The third-order valence-electron chi connectivity index (χ3n) is 1.62. The van der Waals surface area contributed by atoms with E-state index in [2.05, 4.69) is 4.98 Å². The quantitative estimate of drug-likeness (QED) is 0.540. The molecule has 0 N–H and O–H groups in total. The van der Waals surface area contributed by atoms with Gasteiger partial charge in [-0.1, -0.05) is 0 Å². The van der Waals surface area contributed by atoms with Gasteiger partial charge in [0.15, 0.2) is 5.82 Å². The lowest BCUT2D eigenvalue weighted by Gasteiger charge is -2.09. The summed E-state index contributed by atoms with van der Waals surface area (Å²) < 4.78 is 14.4. The Morgan fingerprint density at radius 2 is 2.23 bits per heavy atom. The molecule has 13 heavy (non-hydrogen) atoms. The first kappa shape index (κ1) is 10.2. The summed E-state index contributed by atoms with van der Waals surface area (Å²) in [7, 11) is 0. The number of nitrogens with zero attached hydrogens (tertiary/aromatic N) is 2. The van der Waals surface area contributed by atoms with Crippen molar-refractivity contribution in [2.24, 2.45) is 0 Å². The fraction of sp³-hybridized carbons (Fsp3) is 0.500. The van der Waals surface area contributed by atoms with E-state index in [1.165, 1.54) is 10.8 Å². The van der Waals surface area contributed by atoms with Gasteiger partial charge in [0, 0.05) is 12.2 Å². The Kier molecular flexibility index (Phi) is 3.08. The van der Waals surface area contributed by atoms with E-state index in [1.54, 1.807) is 20.1 Å². The van der Waals surface area contributed by atoms with Crippen molar-refractivity contribution in [1.82, 2.24) is 9.55 Å². The van der Waals surface area contributed by atoms with Crippen LogP contribution in [0, 0.1) is 5.82 Å². The van der Waals surface area contributed by atoms with Gasteiger partial charge in [0.2, 0.25) is 0 Å². The summed E-state index contributed by atoms with van der Waals surface area (Å²) in [4.78, 5) is 14.9. The van der Waals surface area contributed by atoms with Crippen molar-refractivity contribution in [2.45, 2.75) is 24.9 Å². The molecule has 0 saturated heterocycles. The van der Waals surface area contributed by atoms with E-state index in [0.29, 0.717) is 0 Å². The van der Waals surface area contributed by atoms with Crippen LogP contribution in [0.25, 0.3) is 0 Å². The molecular formula is C8H11FN2OS. The van der Waals surface area contributed by atoms with Crippen LogP contribution in [-0.4, -0.2) is 15.8 Å². The van der Waals surface area contributed by atoms with Crippen LogP contribution in [0.15, 0.2) is 16.0 Å². The molecule has 0 aliphatic rings.